The molecule has 0 aliphatic heterocycles. The van der Waals surface area contributed by atoms with Gasteiger partial charge in [-0.25, -0.2) is 4.79 Å². The number of urea groups is 1. The molecule has 1 rings (SSSR count). The van der Waals surface area contributed by atoms with Crippen molar-refractivity contribution in [3.63, 3.8) is 0 Å². The number of hydrogen-bond acceptors (Lipinski definition) is 2. The Morgan fingerprint density at radius 2 is 2.11 bits per heavy atom. The van der Waals surface area contributed by atoms with Crippen LogP contribution in [0, 0.1) is 0 Å². The second kappa shape index (κ2) is 7.28. The lowest BCUT2D eigenvalue weighted by atomic mass is 10.2. The predicted octanol–water partition coefficient (Wildman–Crippen LogP) is 3.81. The van der Waals surface area contributed by atoms with E-state index >= 15 is 0 Å². The summed E-state index contributed by atoms with van der Waals surface area (Å²) in [6.07, 6.45) is -2.55. The van der Waals surface area contributed by atoms with E-state index in [0.717, 1.165) is 36.9 Å². The van der Waals surface area contributed by atoms with Gasteiger partial charge in [0, 0.05) is 11.4 Å². The maximum absolute atomic E-state index is 12.5. The van der Waals surface area contributed by atoms with E-state index in [1.165, 1.54) is 12.1 Å². The van der Waals surface area contributed by atoms with Gasteiger partial charge in [0.05, 0.1) is 5.56 Å². The SMILES string of the molecule is CCCCNC(=O)NSc1cccc(C(F)(F)F)c1. The van der Waals surface area contributed by atoms with Crippen LogP contribution in [0.25, 0.3) is 0 Å². The molecule has 1 aromatic carbocycles. The van der Waals surface area contributed by atoms with Crippen LogP contribution < -0.4 is 10.0 Å². The van der Waals surface area contributed by atoms with E-state index in [4.69, 9.17) is 0 Å². The van der Waals surface area contributed by atoms with E-state index < -0.39 is 17.8 Å². The number of halogens is 3. The van der Waals surface area contributed by atoms with Gasteiger partial charge in [0.2, 0.25) is 0 Å². The van der Waals surface area contributed by atoms with Crippen molar-refractivity contribution in [2.45, 2.75) is 30.8 Å². The molecule has 7 heteroatoms. The molecule has 0 atom stereocenters. The van der Waals surface area contributed by atoms with Crippen molar-refractivity contribution in [2.24, 2.45) is 0 Å². The minimum Gasteiger partial charge on any atom is -0.337 e. The van der Waals surface area contributed by atoms with Crippen molar-refractivity contribution in [3.05, 3.63) is 29.8 Å². The minimum absolute atomic E-state index is 0.334. The van der Waals surface area contributed by atoms with Gasteiger partial charge in [-0.15, -0.1) is 0 Å². The summed E-state index contributed by atoms with van der Waals surface area (Å²) < 4.78 is 39.8. The number of rotatable bonds is 5. The second-order valence-electron chi connectivity index (χ2n) is 3.84. The van der Waals surface area contributed by atoms with Gasteiger partial charge in [0.25, 0.3) is 0 Å². The molecule has 0 aliphatic carbocycles. The lowest BCUT2D eigenvalue weighted by Gasteiger charge is -2.09. The Hall–Kier alpha value is -1.37. The summed E-state index contributed by atoms with van der Waals surface area (Å²) in [6.45, 7) is 2.54. The highest BCUT2D eigenvalue weighted by molar-refractivity contribution is 7.98. The van der Waals surface area contributed by atoms with E-state index in [1.54, 1.807) is 0 Å². The maximum Gasteiger partial charge on any atom is 0.416 e. The summed E-state index contributed by atoms with van der Waals surface area (Å²) in [5, 5.41) is 2.61. The highest BCUT2D eigenvalue weighted by Crippen LogP contribution is 2.31. The Kier molecular flexibility index (Phi) is 6.01. The van der Waals surface area contributed by atoms with Crippen LogP contribution in [0.1, 0.15) is 25.3 Å². The van der Waals surface area contributed by atoms with Crippen molar-refractivity contribution < 1.29 is 18.0 Å². The van der Waals surface area contributed by atoms with Gasteiger partial charge in [-0.2, -0.15) is 13.2 Å². The quantitative estimate of drug-likeness (QED) is 0.640. The number of amides is 2. The van der Waals surface area contributed by atoms with E-state index in [-0.39, 0.29) is 0 Å². The Morgan fingerprint density at radius 3 is 2.74 bits per heavy atom. The first-order valence-electron chi connectivity index (χ1n) is 5.81. The summed E-state index contributed by atoms with van der Waals surface area (Å²) in [5.41, 5.74) is -0.731. The van der Waals surface area contributed by atoms with Gasteiger partial charge in [-0.3, -0.25) is 4.72 Å². The third-order valence-electron chi connectivity index (χ3n) is 2.24. The van der Waals surface area contributed by atoms with Crippen LogP contribution in [0.3, 0.4) is 0 Å². The summed E-state index contributed by atoms with van der Waals surface area (Å²) in [7, 11) is 0. The summed E-state index contributed by atoms with van der Waals surface area (Å²) in [4.78, 5) is 11.6. The van der Waals surface area contributed by atoms with Gasteiger partial charge in [-0.1, -0.05) is 19.4 Å². The first kappa shape index (κ1) is 15.7. The number of alkyl halides is 3. The van der Waals surface area contributed by atoms with Crippen LogP contribution in [0.5, 0.6) is 0 Å². The fourth-order valence-corrected chi connectivity index (χ4v) is 1.87. The van der Waals surface area contributed by atoms with Crippen molar-refractivity contribution >= 4 is 18.0 Å². The molecule has 0 aliphatic rings. The normalized spacial score (nSPS) is 11.2. The van der Waals surface area contributed by atoms with Crippen molar-refractivity contribution in [3.8, 4) is 0 Å². The summed E-state index contributed by atoms with van der Waals surface area (Å²) >= 11 is 0.855. The summed E-state index contributed by atoms with van der Waals surface area (Å²) in [5.74, 6) is 0. The van der Waals surface area contributed by atoms with Gasteiger partial charge < -0.3 is 5.32 Å². The number of unbranched alkanes of at least 4 members (excludes halogenated alkanes) is 1. The number of carbonyl (C=O) groups excluding carboxylic acids is 1. The van der Waals surface area contributed by atoms with Crippen molar-refractivity contribution in [1.82, 2.24) is 10.0 Å². The Morgan fingerprint density at radius 1 is 1.37 bits per heavy atom. The maximum atomic E-state index is 12.5. The molecule has 0 fully saturated rings. The zero-order chi connectivity index (χ0) is 14.3. The van der Waals surface area contributed by atoms with Gasteiger partial charge in [-0.05, 0) is 36.6 Å². The molecular formula is C12H15F3N2OS. The Balaban J connectivity index is 2.47. The molecule has 106 valence electrons. The van der Waals surface area contributed by atoms with Crippen LogP contribution in [0.4, 0.5) is 18.0 Å². The summed E-state index contributed by atoms with van der Waals surface area (Å²) in [6, 6.07) is 4.40. The van der Waals surface area contributed by atoms with E-state index in [0.29, 0.717) is 11.4 Å². The van der Waals surface area contributed by atoms with Crippen LogP contribution in [0.15, 0.2) is 29.2 Å². The monoisotopic (exact) mass is 292 g/mol. The highest BCUT2D eigenvalue weighted by Gasteiger charge is 2.30. The number of hydrogen-bond donors (Lipinski definition) is 2. The highest BCUT2D eigenvalue weighted by atomic mass is 32.2. The fraction of sp³-hybridized carbons (Fsp3) is 0.417. The molecule has 1 aromatic rings. The Bertz CT molecular complexity index is 424. The first-order chi connectivity index (χ1) is 8.93. The molecule has 0 saturated heterocycles. The van der Waals surface area contributed by atoms with Crippen molar-refractivity contribution in [2.75, 3.05) is 6.54 Å². The molecule has 2 N–H and O–H groups in total. The fourth-order valence-electron chi connectivity index (χ4n) is 1.26. The van der Waals surface area contributed by atoms with Gasteiger partial charge in [0.1, 0.15) is 0 Å². The molecule has 0 spiro atoms. The average molecular weight is 292 g/mol. The number of benzene rings is 1. The largest absolute Gasteiger partial charge is 0.416 e. The molecule has 0 heterocycles. The molecule has 0 bridgehead atoms. The van der Waals surface area contributed by atoms with Crippen LogP contribution in [0.2, 0.25) is 0 Å². The smallest absolute Gasteiger partial charge is 0.337 e. The van der Waals surface area contributed by atoms with Gasteiger partial charge >= 0.3 is 12.2 Å². The Labute approximate surface area is 114 Å². The topological polar surface area (TPSA) is 41.1 Å². The second-order valence-corrected chi connectivity index (χ2v) is 4.72. The average Bonchev–Trinajstić information content (AvgIpc) is 2.36. The number of nitrogens with one attached hydrogen (secondary N) is 2. The van der Waals surface area contributed by atoms with E-state index in [2.05, 4.69) is 10.0 Å². The molecule has 0 saturated carbocycles. The third-order valence-corrected chi connectivity index (χ3v) is 3.02. The van der Waals surface area contributed by atoms with Gasteiger partial charge in [0.15, 0.2) is 0 Å². The molecule has 0 aromatic heterocycles. The lowest BCUT2D eigenvalue weighted by Crippen LogP contribution is -2.31. The van der Waals surface area contributed by atoms with Crippen LogP contribution in [-0.4, -0.2) is 12.6 Å². The number of carbonyl (C=O) groups is 1. The van der Waals surface area contributed by atoms with Crippen LogP contribution in [-0.2, 0) is 6.18 Å². The molecule has 2 amide bonds. The zero-order valence-electron chi connectivity index (χ0n) is 10.4. The lowest BCUT2D eigenvalue weighted by molar-refractivity contribution is -0.137. The van der Waals surface area contributed by atoms with E-state index in [1.807, 2.05) is 6.92 Å². The minimum atomic E-state index is -4.38. The standard InChI is InChI=1S/C12H15F3N2OS/c1-2-3-7-16-11(18)17-19-10-6-4-5-9(8-10)12(13,14)15/h4-6,8H,2-3,7H2,1H3,(H2,16,17,18). The van der Waals surface area contributed by atoms with Crippen LogP contribution >= 0.6 is 11.9 Å². The zero-order valence-corrected chi connectivity index (χ0v) is 11.2. The van der Waals surface area contributed by atoms with Crippen molar-refractivity contribution in [1.29, 1.82) is 0 Å². The molecule has 19 heavy (non-hydrogen) atoms. The van der Waals surface area contributed by atoms with E-state index in [9.17, 15) is 18.0 Å². The third kappa shape index (κ3) is 5.87. The molecule has 3 nitrogen and oxygen atoms in total. The first-order valence-corrected chi connectivity index (χ1v) is 6.63. The molecular weight excluding hydrogens is 277 g/mol. The molecule has 0 unspecified atom stereocenters. The molecule has 0 radical (unpaired) electrons. The predicted molar refractivity (Wildman–Crippen MR) is 68.7 cm³/mol.